The molecular weight excluding hydrogens is 216 g/mol. The normalized spacial score (nSPS) is 19.9. The number of benzene rings is 1. The van der Waals surface area contributed by atoms with Gasteiger partial charge >= 0.3 is 0 Å². The Morgan fingerprint density at radius 2 is 2.18 bits per heavy atom. The molecule has 1 heterocycles. The van der Waals surface area contributed by atoms with E-state index in [1.807, 2.05) is 18.2 Å². The molecule has 0 aliphatic carbocycles. The summed E-state index contributed by atoms with van der Waals surface area (Å²) >= 11 is 0. The van der Waals surface area contributed by atoms with Crippen LogP contribution in [0, 0.1) is 5.92 Å². The average Bonchev–Trinajstić information content (AvgIpc) is 3.15. The highest BCUT2D eigenvalue weighted by atomic mass is 16.6. The zero-order valence-corrected chi connectivity index (χ0v) is 9.88. The number of hydrogen-bond acceptors (Lipinski definition) is 3. The molecule has 0 aromatic heterocycles. The molecule has 1 aromatic carbocycles. The van der Waals surface area contributed by atoms with Crippen LogP contribution in [-0.2, 0) is 20.7 Å². The van der Waals surface area contributed by atoms with Crippen molar-refractivity contribution in [2.75, 3.05) is 19.8 Å². The van der Waals surface area contributed by atoms with Gasteiger partial charge in [-0.2, -0.15) is 0 Å². The van der Waals surface area contributed by atoms with Gasteiger partial charge in [-0.15, -0.1) is 0 Å². The molecule has 0 N–H and O–H groups in total. The molecule has 2 rings (SSSR count). The Morgan fingerprint density at radius 3 is 2.82 bits per heavy atom. The summed E-state index contributed by atoms with van der Waals surface area (Å²) < 4.78 is 10.6. The smallest absolute Gasteiger partial charge is 0.120 e. The quantitative estimate of drug-likeness (QED) is 0.509. The summed E-state index contributed by atoms with van der Waals surface area (Å²) in [6.45, 7) is 2.11. The minimum atomic E-state index is 0.272. The van der Waals surface area contributed by atoms with Crippen LogP contribution in [-0.4, -0.2) is 32.2 Å². The Kier molecular flexibility index (Phi) is 4.71. The second-order valence-corrected chi connectivity index (χ2v) is 4.45. The van der Waals surface area contributed by atoms with Crippen molar-refractivity contribution in [3.63, 3.8) is 0 Å². The first-order valence-corrected chi connectivity index (χ1v) is 6.05. The molecule has 2 atom stereocenters. The van der Waals surface area contributed by atoms with E-state index in [1.165, 1.54) is 5.56 Å². The van der Waals surface area contributed by atoms with Crippen LogP contribution in [0.2, 0.25) is 0 Å². The summed E-state index contributed by atoms with van der Waals surface area (Å²) in [4.78, 5) is 10.6. The summed E-state index contributed by atoms with van der Waals surface area (Å²) in [5, 5.41) is 0. The summed E-state index contributed by atoms with van der Waals surface area (Å²) in [6.07, 6.45) is 2.72. The van der Waals surface area contributed by atoms with Crippen molar-refractivity contribution in [1.29, 1.82) is 0 Å². The molecule has 1 aliphatic rings. The second kappa shape index (κ2) is 6.52. The monoisotopic (exact) mass is 234 g/mol. The molecule has 17 heavy (non-hydrogen) atoms. The maximum absolute atomic E-state index is 10.6. The molecule has 1 fully saturated rings. The molecule has 1 aliphatic heterocycles. The zero-order chi connectivity index (χ0) is 11.9. The van der Waals surface area contributed by atoms with Crippen LogP contribution in [0.15, 0.2) is 30.3 Å². The Labute approximate surface area is 102 Å². The summed E-state index contributed by atoms with van der Waals surface area (Å²) in [7, 11) is 0. The highest BCUT2D eigenvalue weighted by molar-refractivity contribution is 5.49. The molecule has 0 radical (unpaired) electrons. The van der Waals surface area contributed by atoms with Crippen LogP contribution in [0.1, 0.15) is 12.0 Å². The van der Waals surface area contributed by atoms with E-state index in [9.17, 15) is 4.79 Å². The Balaban J connectivity index is 1.76. The van der Waals surface area contributed by atoms with Crippen molar-refractivity contribution in [2.24, 2.45) is 5.92 Å². The first-order chi connectivity index (χ1) is 8.38. The van der Waals surface area contributed by atoms with Crippen molar-refractivity contribution in [2.45, 2.75) is 18.9 Å². The first kappa shape index (κ1) is 12.3. The van der Waals surface area contributed by atoms with Crippen molar-refractivity contribution in [1.82, 2.24) is 0 Å². The van der Waals surface area contributed by atoms with Crippen molar-refractivity contribution in [3.05, 3.63) is 35.9 Å². The molecule has 3 heteroatoms. The number of carbonyl (C=O) groups is 1. The third-order valence-electron chi connectivity index (χ3n) is 2.86. The standard InChI is InChI=1S/C14H18O3/c15-7-6-13(9-16-10-14-11-17-14)8-12-4-2-1-3-5-12/h1-5,7,13-14H,6,8-11H2. The van der Waals surface area contributed by atoms with Crippen LogP contribution in [0.5, 0.6) is 0 Å². The molecule has 0 saturated carbocycles. The Morgan fingerprint density at radius 1 is 1.41 bits per heavy atom. The molecule has 2 unspecified atom stereocenters. The van der Waals surface area contributed by atoms with Crippen LogP contribution < -0.4 is 0 Å². The van der Waals surface area contributed by atoms with Gasteiger partial charge in [0, 0.05) is 6.42 Å². The number of aldehydes is 1. The lowest BCUT2D eigenvalue weighted by molar-refractivity contribution is -0.109. The van der Waals surface area contributed by atoms with E-state index in [0.717, 1.165) is 19.3 Å². The van der Waals surface area contributed by atoms with Gasteiger partial charge in [-0.25, -0.2) is 0 Å². The van der Waals surface area contributed by atoms with Gasteiger partial charge in [0.1, 0.15) is 12.4 Å². The average molecular weight is 234 g/mol. The molecule has 1 saturated heterocycles. The van der Waals surface area contributed by atoms with Crippen LogP contribution in [0.4, 0.5) is 0 Å². The van der Waals surface area contributed by atoms with E-state index in [1.54, 1.807) is 0 Å². The predicted octanol–water partition coefficient (Wildman–Crippen LogP) is 1.85. The van der Waals surface area contributed by atoms with Gasteiger partial charge < -0.3 is 14.3 Å². The maximum Gasteiger partial charge on any atom is 0.120 e. The third kappa shape index (κ3) is 4.67. The van der Waals surface area contributed by atoms with Gasteiger partial charge in [-0.1, -0.05) is 30.3 Å². The van der Waals surface area contributed by atoms with Crippen LogP contribution in [0.3, 0.4) is 0 Å². The lowest BCUT2D eigenvalue weighted by Gasteiger charge is -2.14. The minimum Gasteiger partial charge on any atom is -0.378 e. The molecule has 0 bridgehead atoms. The Bertz CT molecular complexity index is 333. The molecule has 0 spiro atoms. The van der Waals surface area contributed by atoms with E-state index in [2.05, 4.69) is 12.1 Å². The van der Waals surface area contributed by atoms with E-state index < -0.39 is 0 Å². The van der Waals surface area contributed by atoms with Gasteiger partial charge in [0.2, 0.25) is 0 Å². The molecule has 1 aromatic rings. The van der Waals surface area contributed by atoms with Gasteiger partial charge in [0.05, 0.1) is 19.8 Å². The summed E-state index contributed by atoms with van der Waals surface area (Å²) in [5.41, 5.74) is 1.26. The number of epoxide rings is 1. The maximum atomic E-state index is 10.6. The molecule has 3 nitrogen and oxygen atoms in total. The number of rotatable bonds is 8. The molecule has 0 amide bonds. The van der Waals surface area contributed by atoms with E-state index in [-0.39, 0.29) is 5.92 Å². The van der Waals surface area contributed by atoms with E-state index >= 15 is 0 Å². The highest BCUT2D eigenvalue weighted by Gasteiger charge is 2.22. The van der Waals surface area contributed by atoms with Crippen molar-refractivity contribution < 1.29 is 14.3 Å². The van der Waals surface area contributed by atoms with Gasteiger partial charge in [0.15, 0.2) is 0 Å². The van der Waals surface area contributed by atoms with Crippen molar-refractivity contribution in [3.8, 4) is 0 Å². The van der Waals surface area contributed by atoms with Gasteiger partial charge in [-0.3, -0.25) is 0 Å². The van der Waals surface area contributed by atoms with Crippen LogP contribution in [0.25, 0.3) is 0 Å². The Hall–Kier alpha value is -1.19. The molecular formula is C14H18O3. The van der Waals surface area contributed by atoms with Gasteiger partial charge in [-0.05, 0) is 17.9 Å². The zero-order valence-electron chi connectivity index (χ0n) is 9.88. The number of hydrogen-bond donors (Lipinski definition) is 0. The molecule has 92 valence electrons. The fraction of sp³-hybridized carbons (Fsp3) is 0.500. The van der Waals surface area contributed by atoms with Crippen molar-refractivity contribution >= 4 is 6.29 Å². The topological polar surface area (TPSA) is 38.8 Å². The fourth-order valence-corrected chi connectivity index (χ4v) is 1.82. The predicted molar refractivity (Wildman–Crippen MR) is 64.9 cm³/mol. The minimum absolute atomic E-state index is 0.272. The van der Waals surface area contributed by atoms with Gasteiger partial charge in [0.25, 0.3) is 0 Å². The van der Waals surface area contributed by atoms with Crippen LogP contribution >= 0.6 is 0 Å². The summed E-state index contributed by atoms with van der Waals surface area (Å²) in [5.74, 6) is 0.272. The summed E-state index contributed by atoms with van der Waals surface area (Å²) in [6, 6.07) is 10.2. The number of ether oxygens (including phenoxy) is 2. The number of carbonyl (C=O) groups excluding carboxylic acids is 1. The van der Waals surface area contributed by atoms with E-state index in [4.69, 9.17) is 9.47 Å². The fourth-order valence-electron chi connectivity index (χ4n) is 1.82. The largest absolute Gasteiger partial charge is 0.378 e. The highest BCUT2D eigenvalue weighted by Crippen LogP contribution is 2.14. The third-order valence-corrected chi connectivity index (χ3v) is 2.86. The SMILES string of the molecule is O=CCC(COCC1CO1)Cc1ccccc1. The lowest BCUT2D eigenvalue weighted by Crippen LogP contribution is -2.15. The lowest BCUT2D eigenvalue weighted by atomic mass is 9.98. The van der Waals surface area contributed by atoms with E-state index in [0.29, 0.717) is 25.7 Å². The first-order valence-electron chi connectivity index (χ1n) is 6.05. The second-order valence-electron chi connectivity index (χ2n) is 4.45.